The number of rotatable bonds is 5. The van der Waals surface area contributed by atoms with E-state index in [1.54, 1.807) is 11.3 Å². The number of carbonyl (C=O) groups excluding carboxylic acids is 1. The molecule has 1 aliphatic rings. The molecular weight excluding hydrogens is 282 g/mol. The lowest BCUT2D eigenvalue weighted by Crippen LogP contribution is -2.56. The van der Waals surface area contributed by atoms with Gasteiger partial charge in [-0.15, -0.1) is 11.3 Å². The van der Waals surface area contributed by atoms with Crippen LogP contribution >= 0.6 is 11.3 Å². The molecule has 118 valence electrons. The first-order valence-corrected chi connectivity index (χ1v) is 8.65. The highest BCUT2D eigenvalue weighted by Crippen LogP contribution is 2.25. The van der Waals surface area contributed by atoms with Crippen molar-refractivity contribution in [1.29, 1.82) is 0 Å². The summed E-state index contributed by atoms with van der Waals surface area (Å²) in [4.78, 5) is 15.9. The number of hydrogen-bond acceptors (Lipinski definition) is 4. The van der Waals surface area contributed by atoms with Crippen molar-refractivity contribution >= 4 is 17.2 Å². The molecule has 0 saturated carbocycles. The lowest BCUT2D eigenvalue weighted by atomic mass is 10.0. The van der Waals surface area contributed by atoms with Crippen LogP contribution in [0.5, 0.6) is 0 Å². The second kappa shape index (κ2) is 7.38. The third kappa shape index (κ3) is 4.53. The van der Waals surface area contributed by atoms with Gasteiger partial charge in [-0.25, -0.2) is 0 Å². The molecule has 2 heterocycles. The van der Waals surface area contributed by atoms with Gasteiger partial charge in [0.25, 0.3) is 0 Å². The van der Waals surface area contributed by atoms with Crippen LogP contribution < -0.4 is 10.6 Å². The van der Waals surface area contributed by atoms with Crippen molar-refractivity contribution in [2.75, 3.05) is 19.6 Å². The Hall–Kier alpha value is -0.910. The molecule has 5 heteroatoms. The zero-order chi connectivity index (χ0) is 15.4. The van der Waals surface area contributed by atoms with Crippen molar-refractivity contribution in [2.24, 2.45) is 5.92 Å². The van der Waals surface area contributed by atoms with Crippen LogP contribution in [-0.2, 0) is 4.79 Å². The molecule has 1 amide bonds. The lowest BCUT2D eigenvalue weighted by Gasteiger charge is -2.37. The molecule has 0 radical (unpaired) electrons. The van der Waals surface area contributed by atoms with Crippen LogP contribution in [0, 0.1) is 5.92 Å². The number of piperazine rings is 1. The Balaban J connectivity index is 1.93. The maximum absolute atomic E-state index is 12.4. The molecule has 2 N–H and O–H groups in total. The zero-order valence-corrected chi connectivity index (χ0v) is 14.2. The van der Waals surface area contributed by atoms with Gasteiger partial charge < -0.3 is 10.6 Å². The average Bonchev–Trinajstić information content (AvgIpc) is 2.93. The summed E-state index contributed by atoms with van der Waals surface area (Å²) in [6.07, 6.45) is 0. The Morgan fingerprint density at radius 3 is 2.90 bits per heavy atom. The van der Waals surface area contributed by atoms with Crippen LogP contribution in [-0.4, -0.2) is 42.5 Å². The molecule has 3 atom stereocenters. The average molecular weight is 309 g/mol. The molecule has 0 aliphatic carbocycles. The van der Waals surface area contributed by atoms with Crippen LogP contribution in [0.25, 0.3) is 0 Å². The highest BCUT2D eigenvalue weighted by molar-refractivity contribution is 7.10. The number of amides is 1. The van der Waals surface area contributed by atoms with Crippen molar-refractivity contribution in [3.05, 3.63) is 22.4 Å². The Morgan fingerprint density at radius 2 is 2.29 bits per heavy atom. The molecule has 21 heavy (non-hydrogen) atoms. The zero-order valence-electron chi connectivity index (χ0n) is 13.4. The van der Waals surface area contributed by atoms with Crippen molar-refractivity contribution in [3.8, 4) is 0 Å². The van der Waals surface area contributed by atoms with Gasteiger partial charge in [0.2, 0.25) is 5.91 Å². The van der Waals surface area contributed by atoms with E-state index in [4.69, 9.17) is 0 Å². The van der Waals surface area contributed by atoms with Crippen LogP contribution in [0.1, 0.15) is 38.6 Å². The van der Waals surface area contributed by atoms with Gasteiger partial charge in [0, 0.05) is 30.1 Å². The predicted molar refractivity (Wildman–Crippen MR) is 88.5 cm³/mol. The molecular formula is C16H27N3OS. The molecule has 1 saturated heterocycles. The molecule has 0 spiro atoms. The molecule has 0 bridgehead atoms. The molecule has 1 aliphatic heterocycles. The summed E-state index contributed by atoms with van der Waals surface area (Å²) < 4.78 is 0. The summed E-state index contributed by atoms with van der Waals surface area (Å²) in [5, 5.41) is 8.72. The van der Waals surface area contributed by atoms with Crippen molar-refractivity contribution in [1.82, 2.24) is 15.5 Å². The Labute approximate surface area is 131 Å². The van der Waals surface area contributed by atoms with Crippen LogP contribution in [0.2, 0.25) is 0 Å². The Morgan fingerprint density at radius 1 is 1.52 bits per heavy atom. The van der Waals surface area contributed by atoms with E-state index < -0.39 is 0 Å². The van der Waals surface area contributed by atoms with Crippen molar-refractivity contribution in [2.45, 2.75) is 45.8 Å². The fourth-order valence-corrected chi connectivity index (χ4v) is 3.70. The second-order valence-corrected chi connectivity index (χ2v) is 7.37. The predicted octanol–water partition coefficient (Wildman–Crippen LogP) is 2.24. The lowest BCUT2D eigenvalue weighted by molar-refractivity contribution is -0.124. The first kappa shape index (κ1) is 16.5. The fourth-order valence-electron chi connectivity index (χ4n) is 2.76. The number of hydrogen-bond donors (Lipinski definition) is 2. The molecule has 1 aromatic heterocycles. The molecule has 4 nitrogen and oxygen atoms in total. The Bertz CT molecular complexity index is 446. The summed E-state index contributed by atoms with van der Waals surface area (Å²) in [7, 11) is 0. The SMILES string of the molecule is CC1CN(CC(=O)NC(c2cccs2)C(C)C)C(C)CN1. The minimum absolute atomic E-state index is 0.119. The quantitative estimate of drug-likeness (QED) is 0.877. The van der Waals surface area contributed by atoms with Gasteiger partial charge in [-0.05, 0) is 31.2 Å². The van der Waals surface area contributed by atoms with Gasteiger partial charge in [0.1, 0.15) is 0 Å². The molecule has 0 aromatic carbocycles. The van der Waals surface area contributed by atoms with Gasteiger partial charge in [0.05, 0.1) is 12.6 Å². The van der Waals surface area contributed by atoms with E-state index in [1.807, 2.05) is 6.07 Å². The summed E-state index contributed by atoms with van der Waals surface area (Å²) in [5.74, 6) is 0.523. The highest BCUT2D eigenvalue weighted by Gasteiger charge is 2.26. The van der Waals surface area contributed by atoms with E-state index in [0.29, 0.717) is 24.5 Å². The molecule has 1 aromatic rings. The van der Waals surface area contributed by atoms with E-state index in [9.17, 15) is 4.79 Å². The highest BCUT2D eigenvalue weighted by atomic mass is 32.1. The largest absolute Gasteiger partial charge is 0.347 e. The van der Waals surface area contributed by atoms with Gasteiger partial charge in [-0.1, -0.05) is 19.9 Å². The van der Waals surface area contributed by atoms with Crippen LogP contribution in [0.3, 0.4) is 0 Å². The van der Waals surface area contributed by atoms with E-state index in [0.717, 1.165) is 13.1 Å². The maximum Gasteiger partial charge on any atom is 0.234 e. The number of nitrogens with zero attached hydrogens (tertiary/aromatic N) is 1. The molecule has 2 rings (SSSR count). The number of nitrogens with one attached hydrogen (secondary N) is 2. The van der Waals surface area contributed by atoms with E-state index in [1.165, 1.54) is 4.88 Å². The van der Waals surface area contributed by atoms with Crippen molar-refractivity contribution < 1.29 is 4.79 Å². The third-order valence-corrected chi connectivity index (χ3v) is 5.03. The number of carbonyl (C=O) groups is 1. The van der Waals surface area contributed by atoms with E-state index in [2.05, 4.69) is 54.7 Å². The maximum atomic E-state index is 12.4. The minimum atomic E-state index is 0.119. The van der Waals surface area contributed by atoms with Gasteiger partial charge in [0.15, 0.2) is 0 Å². The standard InChI is InChI=1S/C16H27N3OS/c1-11(2)16(14-6-5-7-21-14)18-15(20)10-19-9-12(3)17-8-13(19)4/h5-7,11-13,16-17H,8-10H2,1-4H3,(H,18,20). The minimum Gasteiger partial charge on any atom is -0.347 e. The monoisotopic (exact) mass is 309 g/mol. The van der Waals surface area contributed by atoms with E-state index in [-0.39, 0.29) is 11.9 Å². The van der Waals surface area contributed by atoms with Crippen molar-refractivity contribution in [3.63, 3.8) is 0 Å². The summed E-state index contributed by atoms with van der Waals surface area (Å²) >= 11 is 1.71. The Kier molecular flexibility index (Phi) is 5.79. The summed E-state index contributed by atoms with van der Waals surface area (Å²) in [6, 6.07) is 5.12. The van der Waals surface area contributed by atoms with Crippen LogP contribution in [0.15, 0.2) is 17.5 Å². The topological polar surface area (TPSA) is 44.4 Å². The first-order valence-electron chi connectivity index (χ1n) is 7.77. The molecule has 3 unspecified atom stereocenters. The fraction of sp³-hybridized carbons (Fsp3) is 0.688. The summed E-state index contributed by atoms with van der Waals surface area (Å²) in [6.45, 7) is 11.0. The van der Waals surface area contributed by atoms with Gasteiger partial charge >= 0.3 is 0 Å². The van der Waals surface area contributed by atoms with Crippen LogP contribution in [0.4, 0.5) is 0 Å². The third-order valence-electron chi connectivity index (χ3n) is 4.07. The smallest absolute Gasteiger partial charge is 0.234 e. The first-order chi connectivity index (χ1) is 9.97. The number of thiophene rings is 1. The van der Waals surface area contributed by atoms with E-state index >= 15 is 0 Å². The molecule has 1 fully saturated rings. The summed E-state index contributed by atoms with van der Waals surface area (Å²) in [5.41, 5.74) is 0. The van der Waals surface area contributed by atoms with Gasteiger partial charge in [-0.2, -0.15) is 0 Å². The van der Waals surface area contributed by atoms with Gasteiger partial charge in [-0.3, -0.25) is 9.69 Å². The second-order valence-electron chi connectivity index (χ2n) is 6.39. The normalized spacial score (nSPS) is 25.0.